The van der Waals surface area contributed by atoms with E-state index in [4.69, 9.17) is 13.7 Å². The lowest BCUT2D eigenvalue weighted by atomic mass is 10.1. The molecule has 2 aromatic rings. The molecule has 1 aromatic heterocycles. The normalized spacial score (nSPS) is 14.0. The number of aryl methyl sites for hydroxylation is 1. The minimum absolute atomic E-state index is 0.158. The molecule has 0 saturated heterocycles. The summed E-state index contributed by atoms with van der Waals surface area (Å²) in [5, 5.41) is 5.48. The second-order valence-electron chi connectivity index (χ2n) is 5.41. The van der Waals surface area contributed by atoms with Crippen molar-refractivity contribution in [2.45, 2.75) is 20.0 Å². The zero-order valence-electron chi connectivity index (χ0n) is 13.8. The standard InChI is InChI=1S/C16H22Br2NO4P/c1-12-8-13-10-14(23-16(13)15(9-12)21-2)11-22-24(20,7-3-4-17)19-6-5-18/h8-10H,3-7,11H2,1-2H3,(H,19,20). The second kappa shape index (κ2) is 9.39. The highest BCUT2D eigenvalue weighted by atomic mass is 79.9. The van der Waals surface area contributed by atoms with Crippen molar-refractivity contribution in [2.24, 2.45) is 0 Å². The predicted octanol–water partition coefficient (Wildman–Crippen LogP) is 5.23. The second-order valence-corrected chi connectivity index (χ2v) is 9.36. The summed E-state index contributed by atoms with van der Waals surface area (Å²) in [6, 6.07) is 5.86. The zero-order valence-corrected chi connectivity index (χ0v) is 17.9. The first-order valence-corrected chi connectivity index (χ1v) is 11.7. The van der Waals surface area contributed by atoms with Gasteiger partial charge in [0, 0.05) is 28.8 Å². The summed E-state index contributed by atoms with van der Waals surface area (Å²) in [6.07, 6.45) is 1.26. The molecule has 0 amide bonds. The summed E-state index contributed by atoms with van der Waals surface area (Å²) in [5.74, 6) is 1.32. The highest BCUT2D eigenvalue weighted by molar-refractivity contribution is 9.09. The van der Waals surface area contributed by atoms with Gasteiger partial charge in [-0.3, -0.25) is 4.57 Å². The quantitative estimate of drug-likeness (QED) is 0.371. The van der Waals surface area contributed by atoms with E-state index in [1.165, 1.54) is 0 Å². The molecule has 0 aliphatic rings. The largest absolute Gasteiger partial charge is 0.493 e. The van der Waals surface area contributed by atoms with Gasteiger partial charge in [0.15, 0.2) is 11.3 Å². The van der Waals surface area contributed by atoms with Crippen molar-refractivity contribution in [1.29, 1.82) is 0 Å². The first kappa shape index (κ1) is 20.0. The van der Waals surface area contributed by atoms with Gasteiger partial charge >= 0.3 is 0 Å². The van der Waals surface area contributed by atoms with E-state index < -0.39 is 7.52 Å². The van der Waals surface area contributed by atoms with Crippen LogP contribution in [-0.2, 0) is 15.7 Å². The van der Waals surface area contributed by atoms with Gasteiger partial charge < -0.3 is 13.7 Å². The summed E-state index contributed by atoms with van der Waals surface area (Å²) in [4.78, 5) is 0. The monoisotopic (exact) mass is 481 g/mol. The average Bonchev–Trinajstić information content (AvgIpc) is 2.98. The summed E-state index contributed by atoms with van der Waals surface area (Å²) < 4.78 is 29.8. The molecule has 1 heterocycles. The molecule has 24 heavy (non-hydrogen) atoms. The van der Waals surface area contributed by atoms with Crippen molar-refractivity contribution < 1.29 is 18.2 Å². The van der Waals surface area contributed by atoms with Gasteiger partial charge in [0.2, 0.25) is 0 Å². The maximum atomic E-state index is 12.9. The molecule has 0 fully saturated rings. The molecule has 0 bridgehead atoms. The van der Waals surface area contributed by atoms with Crippen LogP contribution >= 0.6 is 39.4 Å². The fourth-order valence-electron chi connectivity index (χ4n) is 2.38. The number of alkyl halides is 2. The van der Waals surface area contributed by atoms with Crippen molar-refractivity contribution >= 4 is 50.3 Å². The number of nitrogens with one attached hydrogen (secondary N) is 1. The van der Waals surface area contributed by atoms with Crippen molar-refractivity contribution in [1.82, 2.24) is 5.09 Å². The fraction of sp³-hybridized carbons (Fsp3) is 0.500. The van der Waals surface area contributed by atoms with Crippen molar-refractivity contribution in [3.05, 3.63) is 29.5 Å². The van der Waals surface area contributed by atoms with Gasteiger partial charge in [0.1, 0.15) is 12.4 Å². The first-order valence-electron chi connectivity index (χ1n) is 7.69. The fourth-order valence-corrected chi connectivity index (χ4v) is 5.34. The molecule has 1 atom stereocenters. The number of methoxy groups -OCH3 is 1. The van der Waals surface area contributed by atoms with E-state index in [-0.39, 0.29) is 6.61 Å². The Kier molecular flexibility index (Phi) is 7.82. The lowest BCUT2D eigenvalue weighted by Gasteiger charge is -2.18. The Morgan fingerprint density at radius 1 is 1.25 bits per heavy atom. The van der Waals surface area contributed by atoms with Crippen LogP contribution in [0.5, 0.6) is 5.75 Å². The summed E-state index contributed by atoms with van der Waals surface area (Å²) >= 11 is 6.70. The van der Waals surface area contributed by atoms with E-state index in [9.17, 15) is 4.57 Å². The minimum Gasteiger partial charge on any atom is -0.493 e. The Hall–Kier alpha value is -0.330. The number of ether oxygens (including phenoxy) is 1. The molecule has 1 N–H and O–H groups in total. The Balaban J connectivity index is 2.14. The topological polar surface area (TPSA) is 60.7 Å². The minimum atomic E-state index is -2.89. The molecule has 2 rings (SSSR count). The predicted molar refractivity (Wildman–Crippen MR) is 105 cm³/mol. The molecule has 134 valence electrons. The van der Waals surface area contributed by atoms with Gasteiger partial charge in [0.25, 0.3) is 7.52 Å². The lowest BCUT2D eigenvalue weighted by molar-refractivity contribution is 0.267. The molecule has 1 unspecified atom stereocenters. The van der Waals surface area contributed by atoms with Gasteiger partial charge in [-0.2, -0.15) is 0 Å². The number of furan rings is 1. The van der Waals surface area contributed by atoms with E-state index in [1.807, 2.05) is 25.1 Å². The maximum absolute atomic E-state index is 12.9. The van der Waals surface area contributed by atoms with Gasteiger partial charge in [-0.05, 0) is 37.1 Å². The zero-order chi connectivity index (χ0) is 17.6. The van der Waals surface area contributed by atoms with Crippen molar-refractivity contribution in [3.63, 3.8) is 0 Å². The maximum Gasteiger partial charge on any atom is 0.270 e. The van der Waals surface area contributed by atoms with Gasteiger partial charge in [-0.1, -0.05) is 31.9 Å². The van der Waals surface area contributed by atoms with Gasteiger partial charge in [-0.15, -0.1) is 0 Å². The summed E-state index contributed by atoms with van der Waals surface area (Å²) in [5.41, 5.74) is 1.78. The number of fused-ring (bicyclic) bond motifs is 1. The molecule has 5 nitrogen and oxygen atoms in total. The first-order chi connectivity index (χ1) is 11.5. The number of benzene rings is 1. The van der Waals surface area contributed by atoms with Crippen LogP contribution in [0.1, 0.15) is 17.7 Å². The SMILES string of the molecule is COc1cc(C)cc2cc(COP(=O)(CCCBr)NCCBr)oc12. The molecule has 0 radical (unpaired) electrons. The molecular weight excluding hydrogens is 461 g/mol. The van der Waals surface area contributed by atoms with Gasteiger partial charge in [-0.25, -0.2) is 5.09 Å². The van der Waals surface area contributed by atoms with Crippen LogP contribution in [0.3, 0.4) is 0 Å². The molecule has 0 saturated carbocycles. The van der Waals surface area contributed by atoms with Crippen LogP contribution in [0.4, 0.5) is 0 Å². The van der Waals surface area contributed by atoms with Crippen LogP contribution < -0.4 is 9.82 Å². The smallest absolute Gasteiger partial charge is 0.270 e. The lowest BCUT2D eigenvalue weighted by Crippen LogP contribution is -2.17. The Bertz CT molecular complexity index is 707. The summed E-state index contributed by atoms with van der Waals surface area (Å²) in [6.45, 7) is 2.75. The number of hydrogen-bond donors (Lipinski definition) is 1. The van der Waals surface area contributed by atoms with Crippen LogP contribution in [0.2, 0.25) is 0 Å². The molecule has 0 spiro atoms. The van der Waals surface area contributed by atoms with E-state index in [0.717, 1.165) is 28.0 Å². The highest BCUT2D eigenvalue weighted by Crippen LogP contribution is 2.44. The van der Waals surface area contributed by atoms with E-state index in [0.29, 0.717) is 29.8 Å². The van der Waals surface area contributed by atoms with Crippen LogP contribution in [-0.4, -0.2) is 30.5 Å². The van der Waals surface area contributed by atoms with Crippen molar-refractivity contribution in [2.75, 3.05) is 30.5 Å². The van der Waals surface area contributed by atoms with Gasteiger partial charge in [0.05, 0.1) is 7.11 Å². The Morgan fingerprint density at radius 2 is 2.04 bits per heavy atom. The third-order valence-electron chi connectivity index (χ3n) is 3.45. The average molecular weight is 483 g/mol. The van der Waals surface area contributed by atoms with Crippen molar-refractivity contribution in [3.8, 4) is 5.75 Å². The number of halogens is 2. The Labute approximate surface area is 159 Å². The highest BCUT2D eigenvalue weighted by Gasteiger charge is 2.23. The van der Waals surface area contributed by atoms with Crippen LogP contribution in [0, 0.1) is 6.92 Å². The van der Waals surface area contributed by atoms with E-state index in [1.54, 1.807) is 7.11 Å². The molecule has 1 aromatic carbocycles. The van der Waals surface area contributed by atoms with Crippen LogP contribution in [0.15, 0.2) is 22.6 Å². The van der Waals surface area contributed by atoms with E-state index >= 15 is 0 Å². The van der Waals surface area contributed by atoms with E-state index in [2.05, 4.69) is 36.9 Å². The Morgan fingerprint density at radius 3 is 2.71 bits per heavy atom. The third kappa shape index (κ3) is 5.33. The number of rotatable bonds is 10. The molecule has 0 aliphatic heterocycles. The van der Waals surface area contributed by atoms with Crippen LogP contribution in [0.25, 0.3) is 11.0 Å². The molecule has 0 aliphatic carbocycles. The summed E-state index contributed by atoms with van der Waals surface area (Å²) in [7, 11) is -1.27. The molecular formula is C16H22Br2NO4P. The number of hydrogen-bond acceptors (Lipinski definition) is 4. The third-order valence-corrected chi connectivity index (χ3v) is 6.56. The molecule has 8 heteroatoms.